The Morgan fingerprint density at radius 1 is 1.00 bits per heavy atom. The van der Waals surface area contributed by atoms with Crippen molar-refractivity contribution >= 4 is 0 Å². The molecule has 2 nitrogen and oxygen atoms in total. The van der Waals surface area contributed by atoms with Gasteiger partial charge in [0, 0.05) is 5.41 Å². The van der Waals surface area contributed by atoms with Crippen LogP contribution in [0.3, 0.4) is 0 Å². The van der Waals surface area contributed by atoms with E-state index in [-0.39, 0.29) is 0 Å². The van der Waals surface area contributed by atoms with Crippen LogP contribution in [-0.4, -0.2) is 0 Å². The molecule has 0 aromatic carbocycles. The standard InChI is InChI=1S/C12H16O2/c1-8-2-10-3-9(1)5-12(4-8,6-10)11-7-13-14-11/h7-10H,1-6H2. The van der Waals surface area contributed by atoms with Crippen molar-refractivity contribution in [2.75, 3.05) is 0 Å². The van der Waals surface area contributed by atoms with Crippen molar-refractivity contribution in [2.45, 2.75) is 43.9 Å². The first-order chi connectivity index (χ1) is 6.84. The third kappa shape index (κ3) is 0.825. The van der Waals surface area contributed by atoms with Gasteiger partial charge in [0.05, 0.1) is 0 Å². The van der Waals surface area contributed by atoms with Gasteiger partial charge in [0.1, 0.15) is 0 Å². The fourth-order valence-electron chi connectivity index (χ4n) is 4.72. The molecule has 2 heteroatoms. The van der Waals surface area contributed by atoms with Crippen molar-refractivity contribution < 1.29 is 9.15 Å². The summed E-state index contributed by atoms with van der Waals surface area (Å²) in [5, 5.41) is 0. The summed E-state index contributed by atoms with van der Waals surface area (Å²) in [6.45, 7) is 0. The molecule has 1 aromatic rings. The number of rotatable bonds is 1. The molecule has 14 heavy (non-hydrogen) atoms. The van der Waals surface area contributed by atoms with Gasteiger partial charge in [-0.25, -0.2) is 0 Å². The predicted molar refractivity (Wildman–Crippen MR) is 50.8 cm³/mol. The Balaban J connectivity index is 1.76. The zero-order valence-electron chi connectivity index (χ0n) is 8.37. The van der Waals surface area contributed by atoms with E-state index in [0.717, 1.165) is 23.5 Å². The van der Waals surface area contributed by atoms with E-state index in [4.69, 9.17) is 9.15 Å². The maximum atomic E-state index is 5.18. The van der Waals surface area contributed by atoms with Gasteiger partial charge in [-0.15, -0.1) is 0 Å². The molecule has 0 radical (unpaired) electrons. The van der Waals surface area contributed by atoms with Gasteiger partial charge in [-0.2, -0.15) is 0 Å². The van der Waals surface area contributed by atoms with Crippen LogP contribution in [0.1, 0.15) is 44.3 Å². The molecule has 0 unspecified atom stereocenters. The fourth-order valence-corrected chi connectivity index (χ4v) is 4.72. The summed E-state index contributed by atoms with van der Waals surface area (Å²) in [7, 11) is 0. The molecule has 1 heterocycles. The molecule has 5 rings (SSSR count). The van der Waals surface area contributed by atoms with E-state index in [1.807, 2.05) is 6.26 Å². The lowest BCUT2D eigenvalue weighted by Gasteiger charge is -2.55. The lowest BCUT2D eigenvalue weighted by molar-refractivity contribution is -0.0839. The maximum Gasteiger partial charge on any atom is 0.201 e. The lowest BCUT2D eigenvalue weighted by atomic mass is 9.49. The van der Waals surface area contributed by atoms with Crippen molar-refractivity contribution in [2.24, 2.45) is 17.8 Å². The molecule has 76 valence electrons. The minimum atomic E-state index is 0.410. The Morgan fingerprint density at radius 2 is 1.50 bits per heavy atom. The van der Waals surface area contributed by atoms with Gasteiger partial charge in [-0.3, -0.25) is 9.15 Å². The highest BCUT2D eigenvalue weighted by Crippen LogP contribution is 2.60. The molecule has 4 fully saturated rings. The van der Waals surface area contributed by atoms with Crippen molar-refractivity contribution in [1.82, 2.24) is 0 Å². The SMILES string of the molecule is c1ooc1C12CC3CC(CC(C3)C1)C2. The van der Waals surface area contributed by atoms with Crippen molar-refractivity contribution in [3.8, 4) is 0 Å². The number of hydrogen-bond donors (Lipinski definition) is 0. The van der Waals surface area contributed by atoms with Gasteiger partial charge in [-0.05, 0) is 56.3 Å². The Labute approximate surface area is 83.6 Å². The van der Waals surface area contributed by atoms with Crippen LogP contribution in [0.15, 0.2) is 15.4 Å². The van der Waals surface area contributed by atoms with Crippen LogP contribution in [0.4, 0.5) is 0 Å². The molecule has 0 saturated heterocycles. The van der Waals surface area contributed by atoms with Crippen LogP contribution >= 0.6 is 0 Å². The van der Waals surface area contributed by atoms with Crippen LogP contribution in [0.25, 0.3) is 0 Å². The molecule has 0 amide bonds. The highest BCUT2D eigenvalue weighted by atomic mass is 17.0. The van der Waals surface area contributed by atoms with Crippen LogP contribution in [0, 0.1) is 17.8 Å². The summed E-state index contributed by atoms with van der Waals surface area (Å²) in [6, 6.07) is 0. The second-order valence-corrected chi connectivity index (χ2v) is 5.86. The normalized spacial score (nSPS) is 50.1. The summed E-state index contributed by atoms with van der Waals surface area (Å²) < 4.78 is 9.94. The average molecular weight is 192 g/mol. The van der Waals surface area contributed by atoms with Crippen LogP contribution < -0.4 is 0 Å². The largest absolute Gasteiger partial charge is 0.294 e. The van der Waals surface area contributed by atoms with Gasteiger partial charge < -0.3 is 0 Å². The topological polar surface area (TPSA) is 26.3 Å². The summed E-state index contributed by atoms with van der Waals surface area (Å²) in [4.78, 5) is 0. The van der Waals surface area contributed by atoms with E-state index in [9.17, 15) is 0 Å². The van der Waals surface area contributed by atoms with E-state index in [1.54, 1.807) is 0 Å². The van der Waals surface area contributed by atoms with Gasteiger partial charge in [-0.1, -0.05) is 0 Å². The third-order valence-corrected chi connectivity index (χ3v) is 4.85. The smallest absolute Gasteiger partial charge is 0.201 e. The lowest BCUT2D eigenvalue weighted by Crippen LogP contribution is -2.48. The van der Waals surface area contributed by atoms with Gasteiger partial charge >= 0.3 is 0 Å². The molecule has 1 aromatic heterocycles. The van der Waals surface area contributed by atoms with E-state index in [2.05, 4.69) is 0 Å². The molecule has 4 bridgehead atoms. The first-order valence-electron chi connectivity index (χ1n) is 5.88. The second-order valence-electron chi connectivity index (χ2n) is 5.86. The van der Waals surface area contributed by atoms with E-state index < -0.39 is 0 Å². The predicted octanol–water partition coefficient (Wildman–Crippen LogP) is 3.34. The van der Waals surface area contributed by atoms with Crippen LogP contribution in [-0.2, 0) is 5.41 Å². The van der Waals surface area contributed by atoms with Gasteiger partial charge in [0.15, 0.2) is 6.26 Å². The quantitative estimate of drug-likeness (QED) is 0.638. The monoisotopic (exact) mass is 192 g/mol. The van der Waals surface area contributed by atoms with E-state index in [1.165, 1.54) is 38.5 Å². The molecular formula is C12H16O2. The summed E-state index contributed by atoms with van der Waals surface area (Å²) in [5.41, 5.74) is 0.410. The zero-order valence-corrected chi connectivity index (χ0v) is 8.37. The summed E-state index contributed by atoms with van der Waals surface area (Å²) in [5.74, 6) is 4.14. The Hall–Kier alpha value is -0.660. The molecule has 4 aliphatic carbocycles. The maximum absolute atomic E-state index is 5.18. The average Bonchev–Trinajstić information content (AvgIpc) is 1.95. The van der Waals surface area contributed by atoms with E-state index >= 15 is 0 Å². The number of hydrogen-bond acceptors (Lipinski definition) is 2. The molecule has 4 aliphatic rings. The van der Waals surface area contributed by atoms with Crippen LogP contribution in [0.2, 0.25) is 0 Å². The van der Waals surface area contributed by atoms with Crippen LogP contribution in [0.5, 0.6) is 0 Å². The van der Waals surface area contributed by atoms with Crippen molar-refractivity contribution in [3.05, 3.63) is 12.0 Å². The highest BCUT2D eigenvalue weighted by Gasteiger charge is 2.54. The molecule has 0 aliphatic heterocycles. The summed E-state index contributed by atoms with van der Waals surface area (Å²) >= 11 is 0. The van der Waals surface area contributed by atoms with Gasteiger partial charge in [0.25, 0.3) is 0 Å². The minimum Gasteiger partial charge on any atom is -0.294 e. The second kappa shape index (κ2) is 2.29. The highest BCUT2D eigenvalue weighted by molar-refractivity contribution is 5.17. The Kier molecular flexibility index (Phi) is 1.24. The molecule has 0 N–H and O–H groups in total. The molecule has 4 saturated carbocycles. The molecular weight excluding hydrogens is 176 g/mol. The fraction of sp³-hybridized carbons (Fsp3) is 0.833. The minimum absolute atomic E-state index is 0.410. The first kappa shape index (κ1) is 7.61. The Morgan fingerprint density at radius 3 is 1.86 bits per heavy atom. The first-order valence-corrected chi connectivity index (χ1v) is 5.88. The third-order valence-electron chi connectivity index (χ3n) is 4.85. The molecule has 0 spiro atoms. The molecule has 0 atom stereocenters. The van der Waals surface area contributed by atoms with Crippen molar-refractivity contribution in [3.63, 3.8) is 0 Å². The van der Waals surface area contributed by atoms with E-state index in [0.29, 0.717) is 5.41 Å². The van der Waals surface area contributed by atoms with Crippen molar-refractivity contribution in [1.29, 1.82) is 0 Å². The zero-order chi connectivity index (χ0) is 9.17. The summed E-state index contributed by atoms with van der Waals surface area (Å²) in [6.07, 6.45) is 10.4. The Bertz CT molecular complexity index is 302. The van der Waals surface area contributed by atoms with Gasteiger partial charge in [0.2, 0.25) is 5.76 Å².